The smallest absolute Gasteiger partial charge is 0.316 e. The molecule has 0 saturated heterocycles. The van der Waals surface area contributed by atoms with Crippen LogP contribution in [0, 0.1) is 0 Å². The van der Waals surface area contributed by atoms with Crippen LogP contribution in [0.25, 0.3) is 0 Å². The Balaban J connectivity index is 1.97. The van der Waals surface area contributed by atoms with Gasteiger partial charge in [0, 0.05) is 24.5 Å². The second-order valence-corrected chi connectivity index (χ2v) is 8.51. The van der Waals surface area contributed by atoms with Gasteiger partial charge in [0.05, 0.1) is 5.56 Å². The average Bonchev–Trinajstić information content (AvgIpc) is 3.10. The summed E-state index contributed by atoms with van der Waals surface area (Å²) in [5.41, 5.74) is 0.662. The Labute approximate surface area is 181 Å². The van der Waals surface area contributed by atoms with E-state index in [0.29, 0.717) is 28.9 Å². The highest BCUT2D eigenvalue weighted by Crippen LogP contribution is 2.60. The zero-order valence-corrected chi connectivity index (χ0v) is 18.3. The van der Waals surface area contributed by atoms with Crippen LogP contribution in [0.3, 0.4) is 0 Å². The zero-order chi connectivity index (χ0) is 22.4. The van der Waals surface area contributed by atoms with E-state index in [0.717, 1.165) is 12.0 Å². The second-order valence-electron chi connectivity index (χ2n) is 8.51. The minimum absolute atomic E-state index is 0.196. The number of rotatable bonds is 6. The molecule has 2 unspecified atom stereocenters. The number of carbonyl (C=O) groups excluding carboxylic acids is 3. The maximum Gasteiger partial charge on any atom is 0.316 e. The lowest BCUT2D eigenvalue weighted by atomic mass is 9.82. The second kappa shape index (κ2) is 7.52. The molecule has 2 atom stereocenters. The normalized spacial score (nSPS) is 23.1. The predicted octanol–water partition coefficient (Wildman–Crippen LogP) is 4.32. The van der Waals surface area contributed by atoms with Gasteiger partial charge >= 0.3 is 11.8 Å². The van der Waals surface area contributed by atoms with Crippen molar-refractivity contribution in [1.29, 1.82) is 0 Å². The summed E-state index contributed by atoms with van der Waals surface area (Å²) in [5, 5.41) is 2.83. The first-order valence-electron chi connectivity index (χ1n) is 10.7. The highest BCUT2D eigenvalue weighted by molar-refractivity contribution is 6.12. The average molecular weight is 421 g/mol. The molecule has 1 heterocycles. The van der Waals surface area contributed by atoms with Gasteiger partial charge in [-0.05, 0) is 24.0 Å². The van der Waals surface area contributed by atoms with Crippen molar-refractivity contribution in [3.05, 3.63) is 64.7 Å². The Bertz CT molecular complexity index is 1080. The predicted molar refractivity (Wildman–Crippen MR) is 115 cm³/mol. The summed E-state index contributed by atoms with van der Waals surface area (Å²) in [6.07, 6.45) is 1.68. The molecule has 0 bridgehead atoms. The number of Topliss-reactive ketones (excluding diaryl/α,β-unsaturated/α-hetero) is 1. The highest BCUT2D eigenvalue weighted by atomic mass is 16.7. The number of unbranched alkanes of at least 4 members (excludes halogenated alkanes) is 1. The van der Waals surface area contributed by atoms with Crippen LogP contribution in [-0.2, 0) is 25.7 Å². The van der Waals surface area contributed by atoms with E-state index in [-0.39, 0.29) is 18.1 Å². The highest BCUT2D eigenvalue weighted by Gasteiger charge is 2.74. The first-order chi connectivity index (χ1) is 14.8. The number of benzene rings is 2. The fourth-order valence-electron chi connectivity index (χ4n) is 4.56. The van der Waals surface area contributed by atoms with Crippen LogP contribution in [0.1, 0.15) is 79.9 Å². The monoisotopic (exact) mass is 421 g/mol. The van der Waals surface area contributed by atoms with Crippen LogP contribution >= 0.6 is 0 Å². The molecule has 1 N–H and O–H groups in total. The third-order valence-corrected chi connectivity index (χ3v) is 6.05. The first kappa shape index (κ1) is 21.1. The van der Waals surface area contributed by atoms with E-state index in [1.165, 1.54) is 6.92 Å². The van der Waals surface area contributed by atoms with Crippen molar-refractivity contribution in [2.45, 2.75) is 64.2 Å². The zero-order valence-electron chi connectivity index (χ0n) is 18.3. The molecule has 6 nitrogen and oxygen atoms in total. The number of carbonyl (C=O) groups is 3. The molecule has 0 radical (unpaired) electrons. The number of amides is 1. The third-order valence-electron chi connectivity index (χ3n) is 6.05. The Morgan fingerprint density at radius 1 is 1.13 bits per heavy atom. The fourth-order valence-corrected chi connectivity index (χ4v) is 4.56. The molecule has 4 rings (SSSR count). The third kappa shape index (κ3) is 2.96. The molecule has 2 aromatic carbocycles. The Morgan fingerprint density at radius 3 is 2.55 bits per heavy atom. The van der Waals surface area contributed by atoms with Gasteiger partial charge in [-0.2, -0.15) is 0 Å². The van der Waals surface area contributed by atoms with Crippen LogP contribution in [0.2, 0.25) is 0 Å². The van der Waals surface area contributed by atoms with Gasteiger partial charge in [0.25, 0.3) is 0 Å². The number of hydrogen-bond donors (Lipinski definition) is 1. The summed E-state index contributed by atoms with van der Waals surface area (Å²) in [4.78, 5) is 39.0. The van der Waals surface area contributed by atoms with Gasteiger partial charge in [0.1, 0.15) is 5.75 Å². The summed E-state index contributed by atoms with van der Waals surface area (Å²) >= 11 is 0. The molecule has 1 aliphatic heterocycles. The van der Waals surface area contributed by atoms with Gasteiger partial charge in [0.15, 0.2) is 0 Å². The van der Waals surface area contributed by atoms with Gasteiger partial charge in [-0.1, -0.05) is 63.6 Å². The quantitative estimate of drug-likeness (QED) is 0.703. The summed E-state index contributed by atoms with van der Waals surface area (Å²) in [5.74, 6) is -2.35. The van der Waals surface area contributed by atoms with E-state index in [9.17, 15) is 14.4 Å². The molecule has 2 aliphatic rings. The Kier molecular flexibility index (Phi) is 5.12. The summed E-state index contributed by atoms with van der Waals surface area (Å²) in [7, 11) is 0. The van der Waals surface area contributed by atoms with E-state index in [1.54, 1.807) is 30.3 Å². The van der Waals surface area contributed by atoms with E-state index >= 15 is 0 Å². The molecule has 1 aliphatic carbocycles. The van der Waals surface area contributed by atoms with Crippen molar-refractivity contribution in [2.75, 3.05) is 0 Å². The molecule has 162 valence electrons. The SMILES string of the molecule is CCCCC(=O)OC12Oc3cc(C(C)C)ccc3C1(NC(C)=O)C(=O)c1ccccc12. The first-order valence-corrected chi connectivity index (χ1v) is 10.7. The van der Waals surface area contributed by atoms with Crippen LogP contribution in [0.5, 0.6) is 5.75 Å². The largest absolute Gasteiger partial charge is 0.445 e. The Morgan fingerprint density at radius 2 is 1.87 bits per heavy atom. The van der Waals surface area contributed by atoms with Gasteiger partial charge in [0.2, 0.25) is 17.2 Å². The number of nitrogens with one attached hydrogen (secondary N) is 1. The molecule has 0 fully saturated rings. The molecule has 6 heteroatoms. The van der Waals surface area contributed by atoms with Crippen molar-refractivity contribution in [3.8, 4) is 5.75 Å². The minimum Gasteiger partial charge on any atom is -0.445 e. The Hall–Kier alpha value is -3.15. The fraction of sp³-hybridized carbons (Fsp3) is 0.400. The van der Waals surface area contributed by atoms with Crippen LogP contribution in [0.15, 0.2) is 42.5 Å². The maximum absolute atomic E-state index is 13.8. The minimum atomic E-state index is -1.78. The summed E-state index contributed by atoms with van der Waals surface area (Å²) < 4.78 is 12.4. The van der Waals surface area contributed by atoms with E-state index in [2.05, 4.69) is 19.2 Å². The van der Waals surface area contributed by atoms with E-state index in [4.69, 9.17) is 9.47 Å². The van der Waals surface area contributed by atoms with Crippen LogP contribution in [0.4, 0.5) is 0 Å². The molecule has 31 heavy (non-hydrogen) atoms. The van der Waals surface area contributed by atoms with E-state index < -0.39 is 23.2 Å². The lowest BCUT2D eigenvalue weighted by Crippen LogP contribution is -2.61. The van der Waals surface area contributed by atoms with Crippen LogP contribution in [-0.4, -0.2) is 17.7 Å². The van der Waals surface area contributed by atoms with Crippen molar-refractivity contribution in [1.82, 2.24) is 5.32 Å². The van der Waals surface area contributed by atoms with Crippen molar-refractivity contribution >= 4 is 17.7 Å². The number of fused-ring (bicyclic) bond motifs is 5. The molecule has 0 saturated carbocycles. The number of ketones is 1. The lowest BCUT2D eigenvalue weighted by Gasteiger charge is -2.37. The molecule has 0 aromatic heterocycles. The van der Waals surface area contributed by atoms with E-state index in [1.807, 2.05) is 19.1 Å². The molecule has 1 amide bonds. The standard InChI is InChI=1S/C25H27NO5/c1-5-6-11-22(28)31-25-19-10-8-7-9-18(19)23(29)24(25,26-16(4)27)20-13-12-17(15(2)3)14-21(20)30-25/h7-10,12-15H,5-6,11H2,1-4H3,(H,26,27). The molecular weight excluding hydrogens is 394 g/mol. The van der Waals surface area contributed by atoms with Crippen LogP contribution < -0.4 is 10.1 Å². The van der Waals surface area contributed by atoms with Crippen molar-refractivity contribution in [3.63, 3.8) is 0 Å². The van der Waals surface area contributed by atoms with Gasteiger partial charge in [-0.25, -0.2) is 0 Å². The molecule has 2 aromatic rings. The topological polar surface area (TPSA) is 81.7 Å². The molecular formula is C25H27NO5. The number of hydrogen-bond acceptors (Lipinski definition) is 5. The molecule has 0 spiro atoms. The van der Waals surface area contributed by atoms with Crippen molar-refractivity contribution < 1.29 is 23.9 Å². The summed E-state index contributed by atoms with van der Waals surface area (Å²) in [6.45, 7) is 7.44. The summed E-state index contributed by atoms with van der Waals surface area (Å²) in [6, 6.07) is 12.5. The maximum atomic E-state index is 13.8. The van der Waals surface area contributed by atoms with Gasteiger partial charge in [-0.3, -0.25) is 14.4 Å². The van der Waals surface area contributed by atoms with Gasteiger partial charge in [-0.15, -0.1) is 0 Å². The van der Waals surface area contributed by atoms with Gasteiger partial charge < -0.3 is 14.8 Å². The number of esters is 1. The van der Waals surface area contributed by atoms with Crippen molar-refractivity contribution in [2.24, 2.45) is 0 Å². The lowest BCUT2D eigenvalue weighted by molar-refractivity contribution is -0.216. The number of ether oxygens (including phenoxy) is 2.